The number of H-pyrrole nitrogens is 1. The molecule has 1 aromatic heterocycles. The van der Waals surface area contributed by atoms with Crippen LogP contribution in [0.25, 0.3) is 0 Å². The maximum Gasteiger partial charge on any atom is 0.242 e. The van der Waals surface area contributed by atoms with Crippen molar-refractivity contribution in [1.82, 2.24) is 25.3 Å². The van der Waals surface area contributed by atoms with Crippen LogP contribution in [0.4, 0.5) is 0 Å². The Morgan fingerprint density at radius 2 is 2.21 bits per heavy atom. The Morgan fingerprint density at radius 1 is 1.42 bits per heavy atom. The van der Waals surface area contributed by atoms with E-state index in [2.05, 4.69) is 25.3 Å². The molecule has 0 fully saturated rings. The molecule has 8 nitrogen and oxygen atoms in total. The summed E-state index contributed by atoms with van der Waals surface area (Å²) in [5.74, 6) is 0.206. The molecule has 1 heterocycles. The summed E-state index contributed by atoms with van der Waals surface area (Å²) < 4.78 is 26.4. The monoisotopic (exact) mass is 303 g/mol. The molecule has 0 saturated carbocycles. The minimum atomic E-state index is -3.81. The van der Waals surface area contributed by atoms with E-state index in [0.717, 1.165) is 0 Å². The Bertz CT molecular complexity index is 658. The first-order valence-electron chi connectivity index (χ1n) is 5.14. The number of nitrogens with one attached hydrogen (secondary N) is 2. The number of benzene rings is 1. The quantitative estimate of drug-likeness (QED) is 0.705. The van der Waals surface area contributed by atoms with E-state index in [1.165, 1.54) is 12.1 Å². The van der Waals surface area contributed by atoms with Gasteiger partial charge in [-0.15, -0.1) is 10.2 Å². The van der Waals surface area contributed by atoms with Gasteiger partial charge in [0.2, 0.25) is 10.0 Å². The molecule has 10 heteroatoms. The molecule has 102 valence electrons. The number of rotatable bonds is 5. The number of aromatic amines is 1. The fourth-order valence-electron chi connectivity index (χ4n) is 1.35. The maximum atomic E-state index is 12.1. The Morgan fingerprint density at radius 3 is 2.84 bits per heavy atom. The molecule has 0 radical (unpaired) electrons. The molecule has 0 spiro atoms. The highest BCUT2D eigenvalue weighted by Crippen LogP contribution is 2.22. The molecule has 0 saturated heterocycles. The minimum absolute atomic E-state index is 0.0674. The number of tetrazole rings is 1. The summed E-state index contributed by atoms with van der Waals surface area (Å²) in [6, 6.07) is 4.26. The van der Waals surface area contributed by atoms with Crippen molar-refractivity contribution in [2.75, 3.05) is 0 Å². The molecule has 19 heavy (non-hydrogen) atoms. The predicted molar refractivity (Wildman–Crippen MR) is 65.6 cm³/mol. The van der Waals surface area contributed by atoms with E-state index < -0.39 is 10.0 Å². The maximum absolute atomic E-state index is 12.1. The summed E-state index contributed by atoms with van der Waals surface area (Å²) >= 11 is 5.85. The first kappa shape index (κ1) is 13.9. The van der Waals surface area contributed by atoms with Gasteiger partial charge in [0.15, 0.2) is 5.82 Å². The van der Waals surface area contributed by atoms with Crippen molar-refractivity contribution in [1.29, 1.82) is 0 Å². The van der Waals surface area contributed by atoms with Gasteiger partial charge in [-0.25, -0.2) is 13.1 Å². The molecule has 0 aliphatic heterocycles. The van der Waals surface area contributed by atoms with Crippen molar-refractivity contribution < 1.29 is 13.5 Å². The highest BCUT2D eigenvalue weighted by molar-refractivity contribution is 7.89. The van der Waals surface area contributed by atoms with Crippen molar-refractivity contribution in [3.05, 3.63) is 34.6 Å². The van der Waals surface area contributed by atoms with Crippen molar-refractivity contribution in [2.24, 2.45) is 0 Å². The molecular weight excluding hydrogens is 294 g/mol. The summed E-state index contributed by atoms with van der Waals surface area (Å²) in [5, 5.41) is 21.8. The Balaban J connectivity index is 2.23. The summed E-state index contributed by atoms with van der Waals surface area (Å²) in [6.45, 7) is -0.386. The highest BCUT2D eigenvalue weighted by atomic mass is 35.5. The molecule has 0 atom stereocenters. The zero-order chi connectivity index (χ0) is 13.9. The van der Waals surface area contributed by atoms with Gasteiger partial charge in [0, 0.05) is 0 Å². The summed E-state index contributed by atoms with van der Waals surface area (Å²) in [7, 11) is -3.81. The fraction of sp³-hybridized carbons (Fsp3) is 0.222. The van der Waals surface area contributed by atoms with Gasteiger partial charge in [-0.05, 0) is 17.7 Å². The number of aromatic nitrogens is 4. The SMILES string of the molecule is O=S(=O)(NCc1nn[nH]n1)c1cc(CO)ccc1Cl. The predicted octanol–water partition coefficient (Wildman–Crippen LogP) is -0.176. The molecule has 0 aliphatic rings. The van der Waals surface area contributed by atoms with E-state index in [4.69, 9.17) is 16.7 Å². The van der Waals surface area contributed by atoms with Crippen molar-refractivity contribution in [3.63, 3.8) is 0 Å². The van der Waals surface area contributed by atoms with Crippen molar-refractivity contribution in [3.8, 4) is 0 Å². The fourth-order valence-corrected chi connectivity index (χ4v) is 2.87. The van der Waals surface area contributed by atoms with E-state index >= 15 is 0 Å². The van der Waals surface area contributed by atoms with E-state index in [0.29, 0.717) is 5.56 Å². The van der Waals surface area contributed by atoms with Gasteiger partial charge in [0.25, 0.3) is 0 Å². The second kappa shape index (κ2) is 5.61. The van der Waals surface area contributed by atoms with Crippen LogP contribution < -0.4 is 4.72 Å². The lowest BCUT2D eigenvalue weighted by molar-refractivity contribution is 0.281. The zero-order valence-corrected chi connectivity index (χ0v) is 11.1. The Kier molecular flexibility index (Phi) is 4.10. The molecular formula is C9H10ClN5O3S. The van der Waals surface area contributed by atoms with E-state index in [9.17, 15) is 8.42 Å². The van der Waals surface area contributed by atoms with Gasteiger partial charge in [-0.2, -0.15) is 5.21 Å². The zero-order valence-electron chi connectivity index (χ0n) is 9.54. The Labute approximate surface area is 113 Å². The van der Waals surface area contributed by atoms with Gasteiger partial charge in [-0.3, -0.25) is 0 Å². The number of nitrogens with zero attached hydrogens (tertiary/aromatic N) is 3. The van der Waals surface area contributed by atoms with Gasteiger partial charge >= 0.3 is 0 Å². The average molecular weight is 304 g/mol. The van der Waals surface area contributed by atoms with E-state index in [1.807, 2.05) is 0 Å². The second-order valence-electron chi connectivity index (χ2n) is 3.58. The molecule has 3 N–H and O–H groups in total. The number of hydrogen-bond donors (Lipinski definition) is 3. The first-order valence-corrected chi connectivity index (χ1v) is 7.00. The third kappa shape index (κ3) is 3.26. The summed E-state index contributed by atoms with van der Waals surface area (Å²) in [4.78, 5) is -0.107. The molecule has 0 unspecified atom stereocenters. The number of aliphatic hydroxyl groups excluding tert-OH is 1. The summed E-state index contributed by atoms with van der Waals surface area (Å²) in [6.07, 6.45) is 0. The van der Waals surface area contributed by atoms with Crippen LogP contribution in [0.1, 0.15) is 11.4 Å². The van der Waals surface area contributed by atoms with E-state index in [1.54, 1.807) is 6.07 Å². The van der Waals surface area contributed by atoms with Gasteiger partial charge in [0.05, 0.1) is 18.2 Å². The smallest absolute Gasteiger partial charge is 0.242 e. The van der Waals surface area contributed by atoms with Gasteiger partial charge in [0.1, 0.15) is 4.90 Å². The average Bonchev–Trinajstić information content (AvgIpc) is 2.90. The van der Waals surface area contributed by atoms with Crippen LogP contribution >= 0.6 is 11.6 Å². The lowest BCUT2D eigenvalue weighted by atomic mass is 10.2. The van der Waals surface area contributed by atoms with Gasteiger partial charge < -0.3 is 5.11 Å². The normalized spacial score (nSPS) is 11.7. The van der Waals surface area contributed by atoms with Crippen LogP contribution in [-0.2, 0) is 23.2 Å². The third-order valence-corrected chi connectivity index (χ3v) is 4.16. The molecule has 0 aliphatic carbocycles. The van der Waals surface area contributed by atoms with E-state index in [-0.39, 0.29) is 28.9 Å². The number of halogens is 1. The van der Waals surface area contributed by atoms with Crippen LogP contribution in [0.3, 0.4) is 0 Å². The number of aliphatic hydroxyl groups is 1. The van der Waals surface area contributed by atoms with Crippen LogP contribution in [0.15, 0.2) is 23.1 Å². The number of sulfonamides is 1. The molecule has 0 bridgehead atoms. The molecule has 1 aromatic carbocycles. The highest BCUT2D eigenvalue weighted by Gasteiger charge is 2.18. The van der Waals surface area contributed by atoms with Crippen LogP contribution in [0, 0.1) is 0 Å². The number of hydrogen-bond acceptors (Lipinski definition) is 6. The largest absolute Gasteiger partial charge is 0.392 e. The minimum Gasteiger partial charge on any atom is -0.392 e. The standard InChI is InChI=1S/C9H10ClN5O3S/c10-7-2-1-6(5-16)3-8(7)19(17,18)11-4-9-12-14-15-13-9/h1-3,11,16H,4-5H2,(H,12,13,14,15). The van der Waals surface area contributed by atoms with Gasteiger partial charge in [-0.1, -0.05) is 22.9 Å². The molecule has 2 aromatic rings. The lowest BCUT2D eigenvalue weighted by Gasteiger charge is -2.08. The van der Waals surface area contributed by atoms with Crippen LogP contribution in [0.5, 0.6) is 0 Å². The van der Waals surface area contributed by atoms with Crippen LogP contribution in [0.2, 0.25) is 5.02 Å². The lowest BCUT2D eigenvalue weighted by Crippen LogP contribution is -2.24. The first-order chi connectivity index (χ1) is 9.03. The topological polar surface area (TPSA) is 121 Å². The third-order valence-electron chi connectivity index (χ3n) is 2.28. The van der Waals surface area contributed by atoms with Crippen LogP contribution in [-0.4, -0.2) is 34.1 Å². The molecule has 2 rings (SSSR count). The summed E-state index contributed by atoms with van der Waals surface area (Å²) in [5.41, 5.74) is 0.448. The molecule has 0 amide bonds. The Hall–Kier alpha value is -1.55. The second-order valence-corrected chi connectivity index (χ2v) is 5.72. The van der Waals surface area contributed by atoms with Crippen molar-refractivity contribution in [2.45, 2.75) is 18.0 Å². The van der Waals surface area contributed by atoms with Crippen molar-refractivity contribution >= 4 is 21.6 Å².